The number of hydrogen-bond acceptors (Lipinski definition) is 3. The second-order valence-corrected chi connectivity index (χ2v) is 5.25. The third-order valence-electron chi connectivity index (χ3n) is 3.84. The molecule has 0 bridgehead atoms. The van der Waals surface area contributed by atoms with E-state index in [0.29, 0.717) is 12.0 Å². The molecular weight excluding hydrogens is 228 g/mol. The molecule has 1 aliphatic heterocycles. The molecule has 3 heteroatoms. The largest absolute Gasteiger partial charge is 0.454 e. The average molecular weight is 248 g/mol. The second-order valence-electron chi connectivity index (χ2n) is 5.25. The summed E-state index contributed by atoms with van der Waals surface area (Å²) in [5.41, 5.74) is 2.67. The van der Waals surface area contributed by atoms with Gasteiger partial charge in [0, 0.05) is 11.5 Å². The summed E-state index contributed by atoms with van der Waals surface area (Å²) < 4.78 is 5.32. The van der Waals surface area contributed by atoms with Gasteiger partial charge in [-0.2, -0.15) is 0 Å². The Morgan fingerprint density at radius 3 is 2.89 bits per heavy atom. The molecular formula is C15H20O3. The molecule has 0 amide bonds. The van der Waals surface area contributed by atoms with Crippen LogP contribution in [-0.4, -0.2) is 23.3 Å². The third-order valence-corrected chi connectivity index (χ3v) is 3.84. The minimum atomic E-state index is -0.494. The summed E-state index contributed by atoms with van der Waals surface area (Å²) >= 11 is 0. The molecule has 0 spiro atoms. The van der Waals surface area contributed by atoms with Gasteiger partial charge in [-0.3, -0.25) is 0 Å². The fourth-order valence-electron chi connectivity index (χ4n) is 2.47. The topological polar surface area (TPSA) is 46.5 Å². The van der Waals surface area contributed by atoms with Gasteiger partial charge in [0.2, 0.25) is 0 Å². The number of esters is 1. The van der Waals surface area contributed by atoms with Gasteiger partial charge < -0.3 is 9.84 Å². The zero-order chi connectivity index (χ0) is 13.3. The van der Waals surface area contributed by atoms with Crippen LogP contribution in [0.4, 0.5) is 0 Å². The fourth-order valence-corrected chi connectivity index (χ4v) is 2.47. The molecule has 1 saturated heterocycles. The summed E-state index contributed by atoms with van der Waals surface area (Å²) in [6.07, 6.45) is 5.61. The Bertz CT molecular complexity index is 431. The maximum atomic E-state index is 11.6. The number of aliphatic hydroxyl groups excluding tert-OH is 1. The van der Waals surface area contributed by atoms with E-state index in [9.17, 15) is 9.90 Å². The highest BCUT2D eigenvalue weighted by Gasteiger charge is 2.37. The van der Waals surface area contributed by atoms with E-state index in [1.165, 1.54) is 5.57 Å². The Labute approximate surface area is 108 Å². The van der Waals surface area contributed by atoms with Gasteiger partial charge in [-0.15, -0.1) is 0 Å². The van der Waals surface area contributed by atoms with Crippen LogP contribution in [-0.2, 0) is 9.53 Å². The number of ether oxygens (including phenoxy) is 1. The van der Waals surface area contributed by atoms with E-state index in [-0.39, 0.29) is 18.0 Å². The number of carbonyl (C=O) groups excluding carboxylic acids is 1. The zero-order valence-corrected chi connectivity index (χ0v) is 11.0. The minimum absolute atomic E-state index is 0.0427. The molecule has 1 N–H and O–H groups in total. The van der Waals surface area contributed by atoms with Crippen molar-refractivity contribution >= 4 is 5.97 Å². The maximum absolute atomic E-state index is 11.6. The minimum Gasteiger partial charge on any atom is -0.454 e. The van der Waals surface area contributed by atoms with Gasteiger partial charge in [-0.25, -0.2) is 4.79 Å². The first-order valence-corrected chi connectivity index (χ1v) is 6.41. The van der Waals surface area contributed by atoms with Crippen LogP contribution in [0, 0.1) is 5.92 Å². The number of aliphatic hydroxyl groups is 1. The predicted molar refractivity (Wildman–Crippen MR) is 69.9 cm³/mol. The Morgan fingerprint density at radius 1 is 1.44 bits per heavy atom. The van der Waals surface area contributed by atoms with E-state index in [4.69, 9.17) is 4.74 Å². The first-order chi connectivity index (χ1) is 8.49. The molecule has 3 atom stereocenters. The van der Waals surface area contributed by atoms with E-state index in [0.717, 1.165) is 18.4 Å². The smallest absolute Gasteiger partial charge is 0.334 e. The molecule has 3 unspecified atom stereocenters. The molecule has 1 aliphatic carbocycles. The van der Waals surface area contributed by atoms with Crippen molar-refractivity contribution in [3.63, 3.8) is 0 Å². The van der Waals surface area contributed by atoms with Crippen molar-refractivity contribution in [1.82, 2.24) is 0 Å². The summed E-state index contributed by atoms with van der Waals surface area (Å²) in [5, 5.41) is 9.99. The first kappa shape index (κ1) is 13.1. The summed E-state index contributed by atoms with van der Waals surface area (Å²) in [5.74, 6) is -0.259. The van der Waals surface area contributed by atoms with Gasteiger partial charge >= 0.3 is 5.97 Å². The lowest BCUT2D eigenvalue weighted by Gasteiger charge is -2.19. The highest BCUT2D eigenvalue weighted by molar-refractivity contribution is 5.91. The average Bonchev–Trinajstić information content (AvgIpc) is 2.59. The van der Waals surface area contributed by atoms with Crippen LogP contribution in [0.2, 0.25) is 0 Å². The van der Waals surface area contributed by atoms with E-state index in [1.807, 2.05) is 13.0 Å². The number of fused-ring (bicyclic) bond motifs is 1. The molecule has 0 aromatic rings. The van der Waals surface area contributed by atoms with Crippen molar-refractivity contribution in [1.29, 1.82) is 0 Å². The van der Waals surface area contributed by atoms with Gasteiger partial charge in [-0.1, -0.05) is 18.2 Å². The number of hydrogen-bond donors (Lipinski definition) is 1. The van der Waals surface area contributed by atoms with Crippen molar-refractivity contribution in [2.75, 3.05) is 0 Å². The monoisotopic (exact) mass is 248 g/mol. The SMILES string of the molecule is C=C1C(=O)OC2/C=C(\C)C(O)CC=C(C)CCC12. The number of allylic oxidation sites excluding steroid dienone is 1. The molecule has 0 aromatic carbocycles. The van der Waals surface area contributed by atoms with Gasteiger partial charge in [0.05, 0.1) is 6.10 Å². The number of rotatable bonds is 0. The van der Waals surface area contributed by atoms with Crippen LogP contribution in [0.1, 0.15) is 33.1 Å². The molecule has 1 fully saturated rings. The van der Waals surface area contributed by atoms with Gasteiger partial charge in [0.1, 0.15) is 6.10 Å². The Kier molecular flexibility index (Phi) is 3.71. The standard InChI is InChI=1S/C15H20O3/c1-9-4-6-12-11(3)15(17)18-14(12)8-10(2)13(16)7-5-9/h5,8,12-14,16H,3-4,6-7H2,1-2H3/b9-5?,10-8+. The fraction of sp³-hybridized carbons (Fsp3) is 0.533. The molecule has 18 heavy (non-hydrogen) atoms. The van der Waals surface area contributed by atoms with Crippen LogP contribution in [0.5, 0.6) is 0 Å². The maximum Gasteiger partial charge on any atom is 0.334 e. The summed E-state index contributed by atoms with van der Waals surface area (Å²) in [4.78, 5) is 11.6. The van der Waals surface area contributed by atoms with Crippen LogP contribution >= 0.6 is 0 Å². The highest BCUT2D eigenvalue weighted by atomic mass is 16.5. The van der Waals surface area contributed by atoms with E-state index in [1.54, 1.807) is 0 Å². The summed E-state index contributed by atoms with van der Waals surface area (Å²) in [7, 11) is 0. The summed E-state index contributed by atoms with van der Waals surface area (Å²) in [6.45, 7) is 7.76. The van der Waals surface area contributed by atoms with Crippen LogP contribution < -0.4 is 0 Å². The molecule has 0 radical (unpaired) electrons. The predicted octanol–water partition coefficient (Wildman–Crippen LogP) is 2.52. The summed E-state index contributed by atoms with van der Waals surface area (Å²) in [6, 6.07) is 0. The quantitative estimate of drug-likeness (QED) is 0.407. The normalized spacial score (nSPS) is 36.3. The third kappa shape index (κ3) is 2.56. The van der Waals surface area contributed by atoms with Crippen LogP contribution in [0.25, 0.3) is 0 Å². The lowest BCUT2D eigenvalue weighted by atomic mass is 9.88. The molecule has 2 aliphatic rings. The number of carbonyl (C=O) groups is 1. The molecule has 3 nitrogen and oxygen atoms in total. The van der Waals surface area contributed by atoms with Gasteiger partial charge in [0.15, 0.2) is 0 Å². The van der Waals surface area contributed by atoms with Crippen molar-refractivity contribution in [3.8, 4) is 0 Å². The van der Waals surface area contributed by atoms with Crippen molar-refractivity contribution in [2.45, 2.75) is 45.3 Å². The van der Waals surface area contributed by atoms with Gasteiger partial charge in [0.25, 0.3) is 0 Å². The van der Waals surface area contributed by atoms with Crippen LogP contribution in [0.15, 0.2) is 35.5 Å². The lowest BCUT2D eigenvalue weighted by Crippen LogP contribution is -2.18. The lowest BCUT2D eigenvalue weighted by molar-refractivity contribution is -0.137. The Hall–Kier alpha value is -1.35. The van der Waals surface area contributed by atoms with Crippen LogP contribution in [0.3, 0.4) is 0 Å². The van der Waals surface area contributed by atoms with E-state index >= 15 is 0 Å². The van der Waals surface area contributed by atoms with Crippen molar-refractivity contribution < 1.29 is 14.6 Å². The van der Waals surface area contributed by atoms with Crippen molar-refractivity contribution in [2.24, 2.45) is 5.92 Å². The zero-order valence-electron chi connectivity index (χ0n) is 11.0. The molecule has 1 heterocycles. The highest BCUT2D eigenvalue weighted by Crippen LogP contribution is 2.34. The van der Waals surface area contributed by atoms with Gasteiger partial charge in [-0.05, 0) is 44.8 Å². The Balaban J connectivity index is 2.29. The Morgan fingerprint density at radius 2 is 2.17 bits per heavy atom. The molecule has 2 rings (SSSR count). The van der Waals surface area contributed by atoms with Crippen molar-refractivity contribution in [3.05, 3.63) is 35.5 Å². The van der Waals surface area contributed by atoms with E-state index in [2.05, 4.69) is 19.6 Å². The molecule has 98 valence electrons. The molecule has 0 aromatic heterocycles. The molecule has 0 saturated carbocycles. The van der Waals surface area contributed by atoms with E-state index < -0.39 is 6.10 Å². The second kappa shape index (κ2) is 5.11. The first-order valence-electron chi connectivity index (χ1n) is 6.41.